The van der Waals surface area contributed by atoms with Crippen LogP contribution in [-0.2, 0) is 0 Å². The minimum absolute atomic E-state index is 0.176. The van der Waals surface area contributed by atoms with E-state index in [0.717, 1.165) is 19.3 Å². The van der Waals surface area contributed by atoms with Gasteiger partial charge in [0, 0.05) is 30.1 Å². The van der Waals surface area contributed by atoms with Gasteiger partial charge in [0.15, 0.2) is 0 Å². The average Bonchev–Trinajstić information content (AvgIpc) is 2.40. The molecule has 0 aromatic rings. The molecule has 0 spiro atoms. The molecule has 0 aromatic heterocycles. The Morgan fingerprint density at radius 2 is 2.13 bits per heavy atom. The maximum absolute atomic E-state index is 9.03. The van der Waals surface area contributed by atoms with Gasteiger partial charge in [-0.1, -0.05) is 20.4 Å². The first-order valence-corrected chi connectivity index (χ1v) is 5.80. The smallest absolute Gasteiger partial charge is 0.0655 e. The fraction of sp³-hybridized carbons (Fsp3) is 0.769. The van der Waals surface area contributed by atoms with Crippen LogP contribution in [0.3, 0.4) is 0 Å². The monoisotopic (exact) mass is 204 g/mol. The van der Waals surface area contributed by atoms with Gasteiger partial charge in [-0.05, 0) is 25.2 Å². The molecular formula is C13H20N2. The largest absolute Gasteiger partial charge is 0.375 e. The first-order valence-electron chi connectivity index (χ1n) is 5.80. The lowest BCUT2D eigenvalue weighted by Gasteiger charge is -2.35. The van der Waals surface area contributed by atoms with Gasteiger partial charge in [0.1, 0.15) is 0 Å². The molecule has 2 fully saturated rings. The van der Waals surface area contributed by atoms with E-state index in [9.17, 15) is 0 Å². The van der Waals surface area contributed by atoms with Crippen molar-refractivity contribution in [2.45, 2.75) is 39.2 Å². The summed E-state index contributed by atoms with van der Waals surface area (Å²) >= 11 is 0. The summed E-state index contributed by atoms with van der Waals surface area (Å²) in [6.07, 6.45) is 3.27. The molecule has 1 saturated carbocycles. The zero-order valence-corrected chi connectivity index (χ0v) is 9.95. The Hall–Kier alpha value is -0.970. The second kappa shape index (κ2) is 3.27. The number of hydrogen-bond acceptors (Lipinski definition) is 2. The third-order valence-corrected chi connectivity index (χ3v) is 4.59. The third kappa shape index (κ3) is 1.37. The summed E-state index contributed by atoms with van der Waals surface area (Å²) in [7, 11) is 2.15. The SMILES string of the molecule is C=C1N(C)C2CCC(C#N)CC2C1(C)C. The van der Waals surface area contributed by atoms with Crippen LogP contribution in [0.25, 0.3) is 0 Å². The van der Waals surface area contributed by atoms with Gasteiger partial charge >= 0.3 is 0 Å². The van der Waals surface area contributed by atoms with Gasteiger partial charge in [0.25, 0.3) is 0 Å². The molecule has 1 aliphatic carbocycles. The second-order valence-electron chi connectivity index (χ2n) is 5.59. The summed E-state index contributed by atoms with van der Waals surface area (Å²) in [5.74, 6) is 0.887. The lowest BCUT2D eigenvalue weighted by Crippen LogP contribution is -2.35. The predicted octanol–water partition coefficient (Wildman–Crippen LogP) is 2.78. The Labute approximate surface area is 92.6 Å². The number of allylic oxidation sites excluding steroid dienone is 1. The number of nitriles is 1. The highest BCUT2D eigenvalue weighted by Gasteiger charge is 2.50. The molecule has 2 aliphatic rings. The quantitative estimate of drug-likeness (QED) is 0.606. The van der Waals surface area contributed by atoms with Crippen molar-refractivity contribution in [2.24, 2.45) is 17.3 Å². The molecule has 2 rings (SSSR count). The van der Waals surface area contributed by atoms with Crippen molar-refractivity contribution in [3.05, 3.63) is 12.3 Å². The van der Waals surface area contributed by atoms with Gasteiger partial charge in [0.2, 0.25) is 0 Å². The summed E-state index contributed by atoms with van der Waals surface area (Å²) in [4.78, 5) is 2.35. The van der Waals surface area contributed by atoms with Crippen LogP contribution < -0.4 is 0 Å². The number of hydrogen-bond donors (Lipinski definition) is 0. The Morgan fingerprint density at radius 1 is 1.47 bits per heavy atom. The fourth-order valence-corrected chi connectivity index (χ4v) is 3.38. The zero-order chi connectivity index (χ0) is 11.2. The molecule has 0 N–H and O–H groups in total. The minimum Gasteiger partial charge on any atom is -0.375 e. The van der Waals surface area contributed by atoms with Crippen molar-refractivity contribution in [3.8, 4) is 6.07 Å². The molecule has 1 heterocycles. The van der Waals surface area contributed by atoms with Gasteiger partial charge in [-0.3, -0.25) is 0 Å². The summed E-state index contributed by atoms with van der Waals surface area (Å²) in [5.41, 5.74) is 1.42. The Kier molecular flexibility index (Phi) is 2.30. The van der Waals surface area contributed by atoms with E-state index in [0.29, 0.717) is 12.0 Å². The summed E-state index contributed by atoms with van der Waals surface area (Å²) < 4.78 is 0. The maximum atomic E-state index is 9.03. The number of fused-ring (bicyclic) bond motifs is 1. The van der Waals surface area contributed by atoms with E-state index in [-0.39, 0.29) is 11.3 Å². The average molecular weight is 204 g/mol. The predicted molar refractivity (Wildman–Crippen MR) is 60.9 cm³/mol. The van der Waals surface area contributed by atoms with E-state index >= 15 is 0 Å². The number of rotatable bonds is 0. The van der Waals surface area contributed by atoms with Crippen LogP contribution in [0.4, 0.5) is 0 Å². The Bertz CT molecular complexity index is 324. The van der Waals surface area contributed by atoms with Crippen molar-refractivity contribution in [1.29, 1.82) is 5.26 Å². The molecule has 0 bridgehead atoms. The molecule has 15 heavy (non-hydrogen) atoms. The second-order valence-corrected chi connectivity index (χ2v) is 5.59. The standard InChI is InChI=1S/C13H20N2/c1-9-13(2,3)11-7-10(8-14)5-6-12(11)15(9)4/h10-12H,1,5-7H2,2-4H3. The first kappa shape index (κ1) is 10.5. The van der Waals surface area contributed by atoms with E-state index in [1.165, 1.54) is 5.70 Å². The molecule has 2 nitrogen and oxygen atoms in total. The zero-order valence-electron chi connectivity index (χ0n) is 9.95. The molecule has 82 valence electrons. The molecular weight excluding hydrogens is 184 g/mol. The van der Waals surface area contributed by atoms with Gasteiger partial charge in [-0.15, -0.1) is 0 Å². The Balaban J connectivity index is 2.27. The van der Waals surface area contributed by atoms with Crippen LogP contribution >= 0.6 is 0 Å². The number of nitrogens with zero attached hydrogens (tertiary/aromatic N) is 2. The molecule has 0 amide bonds. The normalized spacial score (nSPS) is 38.7. The first-order chi connectivity index (χ1) is 6.98. The highest BCUT2D eigenvalue weighted by Crippen LogP contribution is 2.52. The Morgan fingerprint density at radius 3 is 2.73 bits per heavy atom. The van der Waals surface area contributed by atoms with Crippen LogP contribution in [-0.4, -0.2) is 18.0 Å². The highest BCUT2D eigenvalue weighted by molar-refractivity contribution is 5.19. The number of likely N-dealkylation sites (tertiary alicyclic amines) is 1. The van der Waals surface area contributed by atoms with Crippen LogP contribution in [0.15, 0.2) is 12.3 Å². The summed E-state index contributed by atoms with van der Waals surface area (Å²) in [6.45, 7) is 8.75. The molecule has 2 heteroatoms. The summed E-state index contributed by atoms with van der Waals surface area (Å²) in [6, 6.07) is 3.06. The van der Waals surface area contributed by atoms with Crippen molar-refractivity contribution in [1.82, 2.24) is 4.90 Å². The molecule has 3 atom stereocenters. The van der Waals surface area contributed by atoms with Crippen LogP contribution in [0, 0.1) is 28.6 Å². The van der Waals surface area contributed by atoms with Crippen molar-refractivity contribution >= 4 is 0 Å². The van der Waals surface area contributed by atoms with Crippen LogP contribution in [0.2, 0.25) is 0 Å². The van der Waals surface area contributed by atoms with Gasteiger partial charge < -0.3 is 4.90 Å². The van der Waals surface area contributed by atoms with Crippen molar-refractivity contribution in [3.63, 3.8) is 0 Å². The van der Waals surface area contributed by atoms with E-state index in [1.54, 1.807) is 0 Å². The van der Waals surface area contributed by atoms with Crippen LogP contribution in [0.1, 0.15) is 33.1 Å². The molecule has 3 unspecified atom stereocenters. The van der Waals surface area contributed by atoms with E-state index in [4.69, 9.17) is 5.26 Å². The van der Waals surface area contributed by atoms with E-state index in [2.05, 4.69) is 38.4 Å². The fourth-order valence-electron chi connectivity index (χ4n) is 3.38. The van der Waals surface area contributed by atoms with Crippen LogP contribution in [0.5, 0.6) is 0 Å². The lowest BCUT2D eigenvalue weighted by atomic mass is 9.68. The van der Waals surface area contributed by atoms with Gasteiger partial charge in [-0.25, -0.2) is 0 Å². The van der Waals surface area contributed by atoms with Gasteiger partial charge in [-0.2, -0.15) is 5.26 Å². The molecule has 1 saturated heterocycles. The summed E-state index contributed by atoms with van der Waals surface area (Å²) in [5, 5.41) is 9.03. The van der Waals surface area contributed by atoms with Crippen molar-refractivity contribution in [2.75, 3.05) is 7.05 Å². The third-order valence-electron chi connectivity index (χ3n) is 4.59. The van der Waals surface area contributed by atoms with Crippen molar-refractivity contribution < 1.29 is 0 Å². The molecule has 0 radical (unpaired) electrons. The maximum Gasteiger partial charge on any atom is 0.0655 e. The molecule has 0 aromatic carbocycles. The molecule has 1 aliphatic heterocycles. The lowest BCUT2D eigenvalue weighted by molar-refractivity contribution is 0.161. The van der Waals surface area contributed by atoms with Gasteiger partial charge in [0.05, 0.1) is 6.07 Å². The topological polar surface area (TPSA) is 27.0 Å². The van der Waals surface area contributed by atoms with E-state index < -0.39 is 0 Å². The highest BCUT2D eigenvalue weighted by atomic mass is 15.2. The minimum atomic E-state index is 0.176. The van der Waals surface area contributed by atoms with E-state index in [1.807, 2.05) is 0 Å².